The summed E-state index contributed by atoms with van der Waals surface area (Å²) in [5.74, 6) is 1.73. The third-order valence-electron chi connectivity index (χ3n) is 2.93. The van der Waals surface area contributed by atoms with Crippen molar-refractivity contribution in [1.29, 1.82) is 0 Å². The Hall–Kier alpha value is -1.22. The second-order valence-electron chi connectivity index (χ2n) is 4.79. The van der Waals surface area contributed by atoms with Crippen molar-refractivity contribution >= 4 is 0 Å². The summed E-state index contributed by atoms with van der Waals surface area (Å²) in [4.78, 5) is 0. The van der Waals surface area contributed by atoms with Gasteiger partial charge in [-0.05, 0) is 45.0 Å². The molecule has 0 amide bonds. The first-order valence-electron chi connectivity index (χ1n) is 5.68. The van der Waals surface area contributed by atoms with Crippen LogP contribution in [0.15, 0.2) is 18.2 Å². The van der Waals surface area contributed by atoms with E-state index in [0.29, 0.717) is 13.2 Å². The molecule has 16 heavy (non-hydrogen) atoms. The summed E-state index contributed by atoms with van der Waals surface area (Å²) in [6.07, 6.45) is 0.972. The molecule has 0 aliphatic carbocycles. The van der Waals surface area contributed by atoms with Gasteiger partial charge in [-0.15, -0.1) is 0 Å². The number of rotatable bonds is 3. The van der Waals surface area contributed by atoms with Gasteiger partial charge in [0.15, 0.2) is 11.5 Å². The Kier molecular flexibility index (Phi) is 3.06. The molecule has 1 aromatic carbocycles. The summed E-state index contributed by atoms with van der Waals surface area (Å²) in [5, 5.41) is 3.30. The largest absolute Gasteiger partial charge is 0.486 e. The first-order valence-corrected chi connectivity index (χ1v) is 5.68. The van der Waals surface area contributed by atoms with E-state index in [2.05, 4.69) is 31.3 Å². The quantitative estimate of drug-likeness (QED) is 0.846. The van der Waals surface area contributed by atoms with E-state index in [4.69, 9.17) is 9.47 Å². The molecule has 0 saturated heterocycles. The predicted molar refractivity (Wildman–Crippen MR) is 64.3 cm³/mol. The van der Waals surface area contributed by atoms with Gasteiger partial charge in [-0.25, -0.2) is 0 Å². The van der Waals surface area contributed by atoms with Crippen LogP contribution in [-0.4, -0.2) is 25.8 Å². The van der Waals surface area contributed by atoms with E-state index in [1.807, 2.05) is 13.1 Å². The molecule has 0 radical (unpaired) electrons. The minimum Gasteiger partial charge on any atom is -0.486 e. The summed E-state index contributed by atoms with van der Waals surface area (Å²) in [6, 6.07) is 6.18. The zero-order chi connectivity index (χ0) is 11.6. The van der Waals surface area contributed by atoms with Crippen molar-refractivity contribution < 1.29 is 9.47 Å². The normalized spacial score (nSPS) is 14.9. The molecule has 3 nitrogen and oxygen atoms in total. The van der Waals surface area contributed by atoms with Crippen LogP contribution in [0.2, 0.25) is 0 Å². The van der Waals surface area contributed by atoms with Gasteiger partial charge >= 0.3 is 0 Å². The highest BCUT2D eigenvalue weighted by Crippen LogP contribution is 2.31. The van der Waals surface area contributed by atoms with Crippen LogP contribution in [-0.2, 0) is 6.42 Å². The second kappa shape index (κ2) is 4.34. The minimum absolute atomic E-state index is 0.101. The molecule has 0 saturated carbocycles. The Labute approximate surface area is 96.8 Å². The number of ether oxygens (including phenoxy) is 2. The van der Waals surface area contributed by atoms with Crippen molar-refractivity contribution in [1.82, 2.24) is 5.32 Å². The van der Waals surface area contributed by atoms with Crippen LogP contribution in [0.1, 0.15) is 19.4 Å². The highest BCUT2D eigenvalue weighted by atomic mass is 16.6. The fourth-order valence-electron chi connectivity index (χ4n) is 1.80. The van der Waals surface area contributed by atoms with Crippen LogP contribution in [0.25, 0.3) is 0 Å². The minimum atomic E-state index is 0.101. The van der Waals surface area contributed by atoms with E-state index in [1.54, 1.807) is 0 Å². The molecule has 1 aliphatic rings. The maximum Gasteiger partial charge on any atom is 0.161 e. The first-order chi connectivity index (χ1) is 7.61. The summed E-state index contributed by atoms with van der Waals surface area (Å²) in [6.45, 7) is 5.66. The van der Waals surface area contributed by atoms with Crippen LogP contribution >= 0.6 is 0 Å². The second-order valence-corrected chi connectivity index (χ2v) is 4.79. The van der Waals surface area contributed by atoms with Crippen LogP contribution < -0.4 is 14.8 Å². The van der Waals surface area contributed by atoms with Crippen LogP contribution in [0.5, 0.6) is 11.5 Å². The molecule has 0 atom stereocenters. The van der Waals surface area contributed by atoms with Gasteiger partial charge in [-0.1, -0.05) is 6.07 Å². The van der Waals surface area contributed by atoms with Gasteiger partial charge in [0.1, 0.15) is 13.2 Å². The van der Waals surface area contributed by atoms with Crippen LogP contribution in [0.3, 0.4) is 0 Å². The Morgan fingerprint density at radius 1 is 1.19 bits per heavy atom. The zero-order valence-electron chi connectivity index (χ0n) is 10.2. The predicted octanol–water partition coefficient (Wildman–Crippen LogP) is 2.00. The third-order valence-corrected chi connectivity index (χ3v) is 2.93. The lowest BCUT2D eigenvalue weighted by molar-refractivity contribution is 0.171. The Morgan fingerprint density at radius 2 is 1.88 bits per heavy atom. The van der Waals surface area contributed by atoms with Crippen molar-refractivity contribution in [2.75, 3.05) is 20.3 Å². The fraction of sp³-hybridized carbons (Fsp3) is 0.538. The maximum absolute atomic E-state index is 5.57. The van der Waals surface area contributed by atoms with E-state index in [9.17, 15) is 0 Å². The van der Waals surface area contributed by atoms with Gasteiger partial charge < -0.3 is 14.8 Å². The zero-order valence-corrected chi connectivity index (χ0v) is 10.2. The molecule has 0 spiro atoms. The van der Waals surface area contributed by atoms with E-state index in [0.717, 1.165) is 17.9 Å². The summed E-state index contributed by atoms with van der Waals surface area (Å²) in [7, 11) is 1.98. The lowest BCUT2D eigenvalue weighted by Crippen LogP contribution is -2.38. The van der Waals surface area contributed by atoms with Crippen LogP contribution in [0.4, 0.5) is 0 Å². The van der Waals surface area contributed by atoms with E-state index in [-0.39, 0.29) is 5.54 Å². The van der Waals surface area contributed by atoms with Crippen molar-refractivity contribution in [3.63, 3.8) is 0 Å². The number of likely N-dealkylation sites (N-methyl/N-ethyl adjacent to an activating group) is 1. The molecule has 1 N–H and O–H groups in total. The lowest BCUT2D eigenvalue weighted by atomic mass is 9.95. The number of benzene rings is 1. The molecule has 0 fully saturated rings. The fourth-order valence-corrected chi connectivity index (χ4v) is 1.80. The number of hydrogen-bond donors (Lipinski definition) is 1. The molecule has 2 rings (SSSR count). The van der Waals surface area contributed by atoms with E-state index < -0.39 is 0 Å². The molecule has 0 aromatic heterocycles. The Balaban J connectivity index is 2.17. The Bertz CT molecular complexity index is 374. The number of hydrogen-bond acceptors (Lipinski definition) is 3. The smallest absolute Gasteiger partial charge is 0.161 e. The SMILES string of the molecule is CNC(C)(C)Cc1ccc2c(c1)OCCO2. The van der Waals surface area contributed by atoms with Crippen molar-refractivity contribution in [3.05, 3.63) is 23.8 Å². The van der Waals surface area contributed by atoms with Crippen molar-refractivity contribution in [2.24, 2.45) is 0 Å². The molecule has 3 heteroatoms. The highest BCUT2D eigenvalue weighted by Gasteiger charge is 2.18. The molecular weight excluding hydrogens is 202 g/mol. The standard InChI is InChI=1S/C13H19NO2/c1-13(2,14-3)9-10-4-5-11-12(8-10)16-7-6-15-11/h4-5,8,14H,6-7,9H2,1-3H3. The van der Waals surface area contributed by atoms with Crippen molar-refractivity contribution in [3.8, 4) is 11.5 Å². The molecule has 0 bridgehead atoms. The maximum atomic E-state index is 5.57. The molecule has 0 unspecified atom stereocenters. The topological polar surface area (TPSA) is 30.5 Å². The summed E-state index contributed by atoms with van der Waals surface area (Å²) >= 11 is 0. The first kappa shape index (κ1) is 11.3. The molecule has 1 aromatic rings. The lowest BCUT2D eigenvalue weighted by Gasteiger charge is -2.25. The van der Waals surface area contributed by atoms with Gasteiger partial charge in [-0.3, -0.25) is 0 Å². The van der Waals surface area contributed by atoms with Gasteiger partial charge in [-0.2, -0.15) is 0 Å². The average molecular weight is 221 g/mol. The molecule has 88 valence electrons. The van der Waals surface area contributed by atoms with Gasteiger partial charge in [0.2, 0.25) is 0 Å². The average Bonchev–Trinajstić information content (AvgIpc) is 2.28. The summed E-state index contributed by atoms with van der Waals surface area (Å²) in [5.41, 5.74) is 1.37. The number of nitrogens with one attached hydrogen (secondary N) is 1. The highest BCUT2D eigenvalue weighted by molar-refractivity contribution is 5.44. The molecule has 1 heterocycles. The summed E-state index contributed by atoms with van der Waals surface area (Å²) < 4.78 is 11.1. The van der Waals surface area contributed by atoms with Gasteiger partial charge in [0, 0.05) is 5.54 Å². The van der Waals surface area contributed by atoms with E-state index >= 15 is 0 Å². The van der Waals surface area contributed by atoms with Gasteiger partial charge in [0.25, 0.3) is 0 Å². The van der Waals surface area contributed by atoms with Crippen molar-refractivity contribution in [2.45, 2.75) is 25.8 Å². The molecular formula is C13H19NO2. The monoisotopic (exact) mass is 221 g/mol. The van der Waals surface area contributed by atoms with Gasteiger partial charge in [0.05, 0.1) is 0 Å². The Morgan fingerprint density at radius 3 is 2.56 bits per heavy atom. The number of fused-ring (bicyclic) bond motifs is 1. The van der Waals surface area contributed by atoms with E-state index in [1.165, 1.54) is 5.56 Å². The molecule has 1 aliphatic heterocycles. The van der Waals surface area contributed by atoms with Crippen LogP contribution in [0, 0.1) is 0 Å². The third kappa shape index (κ3) is 2.47.